The summed E-state index contributed by atoms with van der Waals surface area (Å²) in [5.74, 6) is -0.707. The van der Waals surface area contributed by atoms with Crippen LogP contribution in [0.2, 0.25) is 0 Å². The summed E-state index contributed by atoms with van der Waals surface area (Å²) >= 11 is 0. The lowest BCUT2D eigenvalue weighted by Crippen LogP contribution is -2.39. The number of carbonyl (C=O) groups is 2. The molecule has 26 heavy (non-hydrogen) atoms. The van der Waals surface area contributed by atoms with E-state index in [0.717, 1.165) is 0 Å². The van der Waals surface area contributed by atoms with Crippen molar-refractivity contribution >= 4 is 28.9 Å². The number of aromatic nitrogens is 4. The lowest BCUT2D eigenvalue weighted by atomic mass is 10.1. The zero-order chi connectivity index (χ0) is 18.4. The van der Waals surface area contributed by atoms with E-state index in [-0.39, 0.29) is 24.6 Å². The van der Waals surface area contributed by atoms with Crippen LogP contribution in [0, 0.1) is 0 Å². The summed E-state index contributed by atoms with van der Waals surface area (Å²) in [6.07, 6.45) is 0.501. The first kappa shape index (κ1) is 16.7. The Morgan fingerprint density at radius 3 is 2.77 bits per heavy atom. The molecular weight excluding hydrogens is 346 g/mol. The van der Waals surface area contributed by atoms with Gasteiger partial charge in [0.25, 0.3) is 0 Å². The van der Waals surface area contributed by atoms with Gasteiger partial charge in [0.15, 0.2) is 23.8 Å². The van der Waals surface area contributed by atoms with Crippen LogP contribution >= 0.6 is 0 Å². The standard InChI is InChI=1S/C15H17N5O6/c1-6(21)23-3-8(24-7(2)22)10-11-12(25-11)15(26-10)20-5-19-9-13(16)17-4-18-14(9)20/h4-5,8,10-12,15H,3H2,1-2H3,(H2,16,17,18)/t8-,10-,11+,12+,15-/m1/s1. The van der Waals surface area contributed by atoms with E-state index in [4.69, 9.17) is 24.7 Å². The second-order valence-corrected chi connectivity index (χ2v) is 6.09. The molecule has 2 saturated heterocycles. The van der Waals surface area contributed by atoms with Crippen LogP contribution in [0.5, 0.6) is 0 Å². The van der Waals surface area contributed by atoms with Gasteiger partial charge in [-0.3, -0.25) is 14.2 Å². The maximum absolute atomic E-state index is 11.4. The van der Waals surface area contributed by atoms with Crippen LogP contribution in [0.3, 0.4) is 0 Å². The third-order valence-electron chi connectivity index (χ3n) is 4.26. The van der Waals surface area contributed by atoms with Crippen LogP contribution in [-0.4, -0.2) is 62.5 Å². The summed E-state index contributed by atoms with van der Waals surface area (Å²) in [6, 6.07) is 0. The van der Waals surface area contributed by atoms with Gasteiger partial charge in [-0.2, -0.15) is 0 Å². The molecule has 2 N–H and O–H groups in total. The Hall–Kier alpha value is -2.79. The van der Waals surface area contributed by atoms with E-state index in [9.17, 15) is 9.59 Å². The van der Waals surface area contributed by atoms with Crippen molar-refractivity contribution in [1.82, 2.24) is 19.5 Å². The van der Waals surface area contributed by atoms with Gasteiger partial charge < -0.3 is 24.7 Å². The van der Waals surface area contributed by atoms with E-state index < -0.39 is 30.4 Å². The molecular formula is C15H17N5O6. The molecule has 11 nitrogen and oxygen atoms in total. The van der Waals surface area contributed by atoms with Crippen LogP contribution in [0.15, 0.2) is 12.7 Å². The third kappa shape index (κ3) is 2.84. The molecule has 0 aromatic carbocycles. The molecule has 2 aliphatic rings. The van der Waals surface area contributed by atoms with E-state index in [1.807, 2.05) is 0 Å². The van der Waals surface area contributed by atoms with Crippen LogP contribution in [0.4, 0.5) is 5.82 Å². The maximum Gasteiger partial charge on any atom is 0.303 e. The Morgan fingerprint density at radius 1 is 1.23 bits per heavy atom. The van der Waals surface area contributed by atoms with Crippen molar-refractivity contribution in [3.8, 4) is 0 Å². The molecule has 11 heteroatoms. The molecule has 0 aliphatic carbocycles. The molecule has 138 valence electrons. The van der Waals surface area contributed by atoms with Gasteiger partial charge in [0, 0.05) is 13.8 Å². The second-order valence-electron chi connectivity index (χ2n) is 6.09. The summed E-state index contributed by atoms with van der Waals surface area (Å²) in [7, 11) is 0. The second kappa shape index (κ2) is 6.18. The van der Waals surface area contributed by atoms with Gasteiger partial charge in [0.05, 0.1) is 6.33 Å². The van der Waals surface area contributed by atoms with Crippen molar-refractivity contribution in [2.24, 2.45) is 0 Å². The van der Waals surface area contributed by atoms with Crippen molar-refractivity contribution in [1.29, 1.82) is 0 Å². The first-order valence-electron chi connectivity index (χ1n) is 8.00. The van der Waals surface area contributed by atoms with Crippen molar-refractivity contribution in [2.45, 2.75) is 44.5 Å². The van der Waals surface area contributed by atoms with Crippen LogP contribution in [0.1, 0.15) is 20.1 Å². The maximum atomic E-state index is 11.4. The van der Waals surface area contributed by atoms with E-state index in [1.165, 1.54) is 20.2 Å². The van der Waals surface area contributed by atoms with Gasteiger partial charge in [-0.1, -0.05) is 0 Å². The average Bonchev–Trinajstić information content (AvgIpc) is 3.09. The van der Waals surface area contributed by atoms with Crippen LogP contribution in [0.25, 0.3) is 11.2 Å². The minimum atomic E-state index is -0.772. The van der Waals surface area contributed by atoms with E-state index >= 15 is 0 Å². The Kier molecular flexibility index (Phi) is 3.96. The number of anilines is 1. The van der Waals surface area contributed by atoms with E-state index in [0.29, 0.717) is 11.2 Å². The average molecular weight is 363 g/mol. The smallest absolute Gasteiger partial charge is 0.303 e. The molecule has 0 amide bonds. The molecule has 0 saturated carbocycles. The van der Waals surface area contributed by atoms with Crippen LogP contribution in [-0.2, 0) is 28.5 Å². The molecule has 4 rings (SSSR count). The number of hydrogen-bond donors (Lipinski definition) is 1. The predicted molar refractivity (Wildman–Crippen MR) is 84.5 cm³/mol. The Balaban J connectivity index is 1.57. The van der Waals surface area contributed by atoms with Gasteiger partial charge in [-0.05, 0) is 0 Å². The van der Waals surface area contributed by atoms with E-state index in [1.54, 1.807) is 10.9 Å². The van der Waals surface area contributed by atoms with Crippen molar-refractivity contribution in [3.05, 3.63) is 12.7 Å². The third-order valence-corrected chi connectivity index (χ3v) is 4.26. The SMILES string of the molecule is CC(=O)OC[C@@H](OC(C)=O)[C@H]1O[C@@H](n2cnc3c(N)ncnc32)[C@H]2O[C@H]21. The number of fused-ring (bicyclic) bond motifs is 2. The molecule has 2 fully saturated rings. The number of carbonyl (C=O) groups excluding carboxylic acids is 2. The summed E-state index contributed by atoms with van der Waals surface area (Å²) in [4.78, 5) is 34.8. The summed E-state index contributed by atoms with van der Waals surface area (Å²) < 4.78 is 23.7. The molecule has 0 unspecified atom stereocenters. The summed E-state index contributed by atoms with van der Waals surface area (Å²) in [5, 5.41) is 0. The fourth-order valence-electron chi connectivity index (χ4n) is 3.13. The Bertz CT molecular complexity index is 869. The largest absolute Gasteiger partial charge is 0.462 e. The van der Waals surface area contributed by atoms with Crippen molar-refractivity contribution in [2.75, 3.05) is 12.3 Å². The molecule has 4 heterocycles. The zero-order valence-electron chi connectivity index (χ0n) is 14.1. The van der Waals surface area contributed by atoms with Gasteiger partial charge in [0.2, 0.25) is 0 Å². The number of nitrogens with two attached hydrogens (primary N) is 1. The Morgan fingerprint density at radius 2 is 2.04 bits per heavy atom. The molecule has 2 aromatic heterocycles. The highest BCUT2D eigenvalue weighted by molar-refractivity contribution is 5.81. The quantitative estimate of drug-likeness (QED) is 0.548. The minimum absolute atomic E-state index is 0.112. The van der Waals surface area contributed by atoms with Gasteiger partial charge >= 0.3 is 11.9 Å². The monoisotopic (exact) mass is 363 g/mol. The molecule has 5 atom stereocenters. The van der Waals surface area contributed by atoms with Crippen molar-refractivity contribution in [3.63, 3.8) is 0 Å². The number of nitrogen functional groups attached to an aromatic ring is 1. The first-order chi connectivity index (χ1) is 12.5. The molecule has 0 radical (unpaired) electrons. The number of esters is 2. The molecule has 2 aromatic rings. The number of rotatable bonds is 5. The normalized spacial score (nSPS) is 27.8. The lowest BCUT2D eigenvalue weighted by molar-refractivity contribution is -0.175. The molecule has 2 aliphatic heterocycles. The fourth-order valence-corrected chi connectivity index (χ4v) is 3.13. The summed E-state index contributed by atoms with van der Waals surface area (Å²) in [5.41, 5.74) is 6.79. The van der Waals surface area contributed by atoms with Crippen LogP contribution < -0.4 is 5.73 Å². The highest BCUT2D eigenvalue weighted by Gasteiger charge is 2.62. The number of imidazole rings is 1. The first-order valence-corrected chi connectivity index (χ1v) is 8.00. The zero-order valence-corrected chi connectivity index (χ0v) is 14.1. The van der Waals surface area contributed by atoms with Gasteiger partial charge in [-0.15, -0.1) is 0 Å². The van der Waals surface area contributed by atoms with Gasteiger partial charge in [-0.25, -0.2) is 15.0 Å². The van der Waals surface area contributed by atoms with Crippen molar-refractivity contribution < 1.29 is 28.5 Å². The highest BCUT2D eigenvalue weighted by Crippen LogP contribution is 2.47. The number of hydrogen-bond acceptors (Lipinski definition) is 10. The van der Waals surface area contributed by atoms with E-state index in [2.05, 4.69) is 15.0 Å². The van der Waals surface area contributed by atoms with Gasteiger partial charge in [0.1, 0.15) is 36.8 Å². The highest BCUT2D eigenvalue weighted by atomic mass is 16.7. The number of epoxide rings is 1. The fraction of sp³-hybridized carbons (Fsp3) is 0.533. The topological polar surface area (TPSA) is 144 Å². The number of ether oxygens (including phenoxy) is 4. The molecule has 0 bridgehead atoms. The summed E-state index contributed by atoms with van der Waals surface area (Å²) in [6.45, 7) is 2.45. The number of nitrogens with zero attached hydrogens (tertiary/aromatic N) is 4. The predicted octanol–water partition coefficient (Wildman–Crippen LogP) is -0.432. The molecule has 0 spiro atoms. The Labute approximate surface area is 147 Å². The lowest BCUT2D eigenvalue weighted by Gasteiger charge is -2.25. The minimum Gasteiger partial charge on any atom is -0.462 e.